The van der Waals surface area contributed by atoms with E-state index in [1.54, 1.807) is 6.07 Å². The van der Waals surface area contributed by atoms with E-state index in [9.17, 15) is 5.11 Å². The first kappa shape index (κ1) is 10.2. The van der Waals surface area contributed by atoms with Crippen LogP contribution in [0.2, 0.25) is 0 Å². The summed E-state index contributed by atoms with van der Waals surface area (Å²) in [5.41, 5.74) is 1.78. The van der Waals surface area contributed by atoms with Gasteiger partial charge in [0.1, 0.15) is 5.75 Å². The monoisotopic (exact) mass is 199 g/mol. The quantitative estimate of drug-likeness (QED) is 0.580. The van der Waals surface area contributed by atoms with Crippen LogP contribution in [0.3, 0.4) is 0 Å². The molecule has 1 aromatic carbocycles. The second-order valence-electron chi connectivity index (χ2n) is 3.22. The number of nitrogens with one attached hydrogen (secondary N) is 1. The molecule has 0 aromatic heterocycles. The van der Waals surface area contributed by atoms with Crippen LogP contribution in [-0.4, -0.2) is 17.0 Å². The normalized spacial score (nSPS) is 12.5. The first-order valence-corrected chi connectivity index (χ1v) is 4.79. The predicted molar refractivity (Wildman–Crippen MR) is 56.6 cm³/mol. The topological polar surface area (TPSA) is 32.3 Å². The molecule has 1 aromatic rings. The minimum atomic E-state index is 0.162. The predicted octanol–water partition coefficient (Wildman–Crippen LogP) is 2.74. The van der Waals surface area contributed by atoms with Crippen LogP contribution in [0.25, 0.3) is 0 Å². The van der Waals surface area contributed by atoms with E-state index in [1.807, 2.05) is 26.0 Å². The maximum atomic E-state index is 9.53. The van der Waals surface area contributed by atoms with E-state index in [1.165, 1.54) is 0 Å². The first-order valence-electron chi connectivity index (χ1n) is 4.25. The zero-order chi connectivity index (χ0) is 9.84. The molecular weight excluding hydrogens is 186 g/mol. The van der Waals surface area contributed by atoms with E-state index in [0.717, 1.165) is 11.3 Å². The molecule has 1 atom stereocenters. The summed E-state index contributed by atoms with van der Waals surface area (Å²) in [6.07, 6.45) is 0. The molecule has 72 valence electrons. The van der Waals surface area contributed by atoms with Gasteiger partial charge in [-0.15, -0.1) is 11.6 Å². The van der Waals surface area contributed by atoms with Crippen LogP contribution in [0.5, 0.6) is 5.75 Å². The van der Waals surface area contributed by atoms with Crippen LogP contribution >= 0.6 is 11.6 Å². The lowest BCUT2D eigenvalue weighted by molar-refractivity contribution is 0.476. The Kier molecular flexibility index (Phi) is 3.43. The molecule has 0 fully saturated rings. The lowest BCUT2D eigenvalue weighted by Gasteiger charge is -2.13. The summed E-state index contributed by atoms with van der Waals surface area (Å²) >= 11 is 5.64. The molecule has 0 heterocycles. The minimum absolute atomic E-state index is 0.162. The lowest BCUT2D eigenvalue weighted by Crippen LogP contribution is -2.16. The highest BCUT2D eigenvalue weighted by molar-refractivity contribution is 6.18. The Morgan fingerprint density at radius 2 is 2.23 bits per heavy atom. The highest BCUT2D eigenvalue weighted by Crippen LogP contribution is 2.24. The standard InChI is InChI=1S/C10H14ClNO/c1-7-3-4-9(10(13)5-7)12-8(2)6-11/h3-5,8,12-13H,6H2,1-2H3. The summed E-state index contributed by atoms with van der Waals surface area (Å²) in [4.78, 5) is 0. The number of halogens is 1. The molecule has 0 saturated heterocycles. The maximum Gasteiger partial charge on any atom is 0.138 e. The van der Waals surface area contributed by atoms with Gasteiger partial charge in [-0.1, -0.05) is 6.07 Å². The van der Waals surface area contributed by atoms with Crippen LogP contribution in [0.15, 0.2) is 18.2 Å². The Morgan fingerprint density at radius 3 is 2.77 bits per heavy atom. The van der Waals surface area contributed by atoms with E-state index in [4.69, 9.17) is 11.6 Å². The maximum absolute atomic E-state index is 9.53. The number of alkyl halides is 1. The number of phenolic OH excluding ortho intramolecular Hbond substituents is 1. The van der Waals surface area contributed by atoms with Crippen molar-refractivity contribution < 1.29 is 5.11 Å². The van der Waals surface area contributed by atoms with Crippen molar-refractivity contribution in [1.82, 2.24) is 0 Å². The molecule has 0 aliphatic carbocycles. The first-order chi connectivity index (χ1) is 6.13. The fourth-order valence-electron chi connectivity index (χ4n) is 1.07. The van der Waals surface area contributed by atoms with Gasteiger partial charge in [0, 0.05) is 11.9 Å². The molecule has 0 aliphatic rings. The Bertz CT molecular complexity index is 288. The molecule has 1 unspecified atom stereocenters. The Balaban J connectivity index is 2.77. The van der Waals surface area contributed by atoms with Crippen LogP contribution in [0.1, 0.15) is 12.5 Å². The van der Waals surface area contributed by atoms with Crippen molar-refractivity contribution in [3.8, 4) is 5.75 Å². The molecule has 0 radical (unpaired) electrons. The molecule has 0 aliphatic heterocycles. The molecular formula is C10H14ClNO. The summed E-state index contributed by atoms with van der Waals surface area (Å²) in [6.45, 7) is 3.90. The van der Waals surface area contributed by atoms with Crippen LogP contribution in [0, 0.1) is 6.92 Å². The minimum Gasteiger partial charge on any atom is -0.506 e. The zero-order valence-corrected chi connectivity index (χ0v) is 8.60. The van der Waals surface area contributed by atoms with Crippen LogP contribution < -0.4 is 5.32 Å². The van der Waals surface area contributed by atoms with Gasteiger partial charge < -0.3 is 10.4 Å². The van der Waals surface area contributed by atoms with E-state index >= 15 is 0 Å². The molecule has 2 N–H and O–H groups in total. The number of hydrogen-bond acceptors (Lipinski definition) is 2. The van der Waals surface area contributed by atoms with Crippen molar-refractivity contribution in [2.75, 3.05) is 11.2 Å². The fourth-order valence-corrected chi connectivity index (χ4v) is 1.14. The van der Waals surface area contributed by atoms with Crippen LogP contribution in [-0.2, 0) is 0 Å². The third-order valence-electron chi connectivity index (χ3n) is 1.79. The molecule has 3 heteroatoms. The molecule has 0 amide bonds. The van der Waals surface area contributed by atoms with Gasteiger partial charge in [0.25, 0.3) is 0 Å². The van der Waals surface area contributed by atoms with Crippen molar-refractivity contribution >= 4 is 17.3 Å². The number of phenols is 1. The fraction of sp³-hybridized carbons (Fsp3) is 0.400. The Hall–Kier alpha value is -0.890. The molecule has 1 rings (SSSR count). The molecule has 13 heavy (non-hydrogen) atoms. The molecule has 2 nitrogen and oxygen atoms in total. The zero-order valence-electron chi connectivity index (χ0n) is 7.84. The van der Waals surface area contributed by atoms with Gasteiger partial charge >= 0.3 is 0 Å². The summed E-state index contributed by atoms with van der Waals surface area (Å²) < 4.78 is 0. The van der Waals surface area contributed by atoms with E-state index in [0.29, 0.717) is 5.88 Å². The number of anilines is 1. The third-order valence-corrected chi connectivity index (χ3v) is 2.25. The Morgan fingerprint density at radius 1 is 1.54 bits per heavy atom. The van der Waals surface area contributed by atoms with Crippen molar-refractivity contribution in [1.29, 1.82) is 0 Å². The van der Waals surface area contributed by atoms with Gasteiger partial charge in [0.15, 0.2) is 0 Å². The smallest absolute Gasteiger partial charge is 0.138 e. The summed E-state index contributed by atoms with van der Waals surface area (Å²) in [5.74, 6) is 0.796. The number of rotatable bonds is 3. The number of benzene rings is 1. The van der Waals surface area contributed by atoms with Crippen LogP contribution in [0.4, 0.5) is 5.69 Å². The second-order valence-corrected chi connectivity index (χ2v) is 3.53. The largest absolute Gasteiger partial charge is 0.506 e. The molecule has 0 saturated carbocycles. The molecule has 0 bridgehead atoms. The summed E-state index contributed by atoms with van der Waals surface area (Å²) in [5, 5.41) is 12.6. The SMILES string of the molecule is Cc1ccc(NC(C)CCl)c(O)c1. The van der Waals surface area contributed by atoms with Gasteiger partial charge in [-0.3, -0.25) is 0 Å². The van der Waals surface area contributed by atoms with E-state index in [-0.39, 0.29) is 11.8 Å². The van der Waals surface area contributed by atoms with Gasteiger partial charge in [-0.05, 0) is 31.5 Å². The average Bonchev–Trinajstić information content (AvgIpc) is 2.09. The number of hydrogen-bond donors (Lipinski definition) is 2. The summed E-state index contributed by atoms with van der Waals surface area (Å²) in [7, 11) is 0. The average molecular weight is 200 g/mol. The highest BCUT2D eigenvalue weighted by atomic mass is 35.5. The highest BCUT2D eigenvalue weighted by Gasteiger charge is 2.03. The van der Waals surface area contributed by atoms with E-state index < -0.39 is 0 Å². The van der Waals surface area contributed by atoms with Gasteiger partial charge in [0.2, 0.25) is 0 Å². The summed E-state index contributed by atoms with van der Waals surface area (Å²) in [6, 6.07) is 5.69. The van der Waals surface area contributed by atoms with Gasteiger partial charge in [-0.25, -0.2) is 0 Å². The number of aromatic hydroxyl groups is 1. The second kappa shape index (κ2) is 4.38. The van der Waals surface area contributed by atoms with Crippen molar-refractivity contribution in [3.05, 3.63) is 23.8 Å². The van der Waals surface area contributed by atoms with Crippen molar-refractivity contribution in [2.24, 2.45) is 0 Å². The third kappa shape index (κ3) is 2.81. The van der Waals surface area contributed by atoms with E-state index in [2.05, 4.69) is 5.32 Å². The van der Waals surface area contributed by atoms with Crippen molar-refractivity contribution in [2.45, 2.75) is 19.9 Å². The van der Waals surface area contributed by atoms with Crippen molar-refractivity contribution in [3.63, 3.8) is 0 Å². The van der Waals surface area contributed by atoms with Gasteiger partial charge in [-0.2, -0.15) is 0 Å². The number of aryl methyl sites for hydroxylation is 1. The lowest BCUT2D eigenvalue weighted by atomic mass is 10.2. The Labute approximate surface area is 83.5 Å². The molecule has 0 spiro atoms. The van der Waals surface area contributed by atoms with Gasteiger partial charge in [0.05, 0.1) is 5.69 Å².